The number of benzene rings is 1. The van der Waals surface area contributed by atoms with Crippen LogP contribution in [0.1, 0.15) is 31.2 Å². The zero-order valence-corrected chi connectivity index (χ0v) is 12.1. The second-order valence-electron chi connectivity index (χ2n) is 5.63. The van der Waals surface area contributed by atoms with Crippen molar-refractivity contribution in [2.24, 2.45) is 0 Å². The lowest BCUT2D eigenvalue weighted by Crippen LogP contribution is -2.51. The maximum absolute atomic E-state index is 10.7. The molecule has 1 fully saturated rings. The Hall–Kier alpha value is -1.39. The Morgan fingerprint density at radius 1 is 1.30 bits per heavy atom. The van der Waals surface area contributed by atoms with Crippen molar-refractivity contribution in [2.45, 2.75) is 44.3 Å². The molecule has 4 nitrogen and oxygen atoms in total. The number of carboxylic acids is 1. The fraction of sp³-hybridized carbons (Fsp3) is 0.562. The first kappa shape index (κ1) is 15.0. The lowest BCUT2D eigenvalue weighted by Gasteiger charge is -2.38. The molecule has 20 heavy (non-hydrogen) atoms. The first-order valence-electron chi connectivity index (χ1n) is 7.36. The lowest BCUT2D eigenvalue weighted by atomic mass is 9.89. The Kier molecular flexibility index (Phi) is 5.56. The Morgan fingerprint density at radius 2 is 2.00 bits per heavy atom. The fourth-order valence-corrected chi connectivity index (χ4v) is 3.08. The molecular formula is C16H24N2O2. The maximum atomic E-state index is 10.7. The van der Waals surface area contributed by atoms with Crippen molar-refractivity contribution in [3.05, 3.63) is 35.9 Å². The smallest absolute Gasteiger partial charge is 0.317 e. The summed E-state index contributed by atoms with van der Waals surface area (Å²) in [6.45, 7) is 0.969. The number of likely N-dealkylation sites (N-methyl/N-ethyl adjacent to an activating group) is 1. The van der Waals surface area contributed by atoms with E-state index in [1.807, 2.05) is 6.07 Å². The molecule has 1 saturated carbocycles. The number of rotatable bonds is 6. The van der Waals surface area contributed by atoms with E-state index >= 15 is 0 Å². The summed E-state index contributed by atoms with van der Waals surface area (Å²) in [6, 6.07) is 11.1. The summed E-state index contributed by atoms with van der Waals surface area (Å²) in [5.41, 5.74) is 1.30. The molecule has 0 saturated heterocycles. The molecule has 0 heterocycles. The predicted molar refractivity (Wildman–Crippen MR) is 79.6 cm³/mol. The minimum Gasteiger partial charge on any atom is -0.480 e. The number of nitrogens with one attached hydrogen (secondary N) is 1. The molecule has 0 amide bonds. The monoisotopic (exact) mass is 276 g/mol. The topological polar surface area (TPSA) is 52.6 Å². The van der Waals surface area contributed by atoms with Gasteiger partial charge in [0.1, 0.15) is 0 Å². The minimum atomic E-state index is -0.778. The van der Waals surface area contributed by atoms with Crippen LogP contribution in [0.25, 0.3) is 0 Å². The van der Waals surface area contributed by atoms with Crippen LogP contribution in [0.2, 0.25) is 0 Å². The number of aliphatic carboxylic acids is 1. The van der Waals surface area contributed by atoms with Crippen molar-refractivity contribution in [1.82, 2.24) is 10.2 Å². The van der Waals surface area contributed by atoms with Crippen LogP contribution in [-0.2, 0) is 11.3 Å². The van der Waals surface area contributed by atoms with Crippen molar-refractivity contribution in [1.29, 1.82) is 0 Å². The Balaban J connectivity index is 1.94. The van der Waals surface area contributed by atoms with E-state index in [4.69, 9.17) is 5.11 Å². The number of hydrogen-bond acceptors (Lipinski definition) is 3. The molecule has 1 aromatic rings. The fourth-order valence-electron chi connectivity index (χ4n) is 3.08. The summed E-state index contributed by atoms with van der Waals surface area (Å²) < 4.78 is 0. The number of nitrogens with zero attached hydrogens (tertiary/aromatic N) is 1. The van der Waals surface area contributed by atoms with E-state index in [1.165, 1.54) is 18.4 Å². The Labute approximate surface area is 120 Å². The van der Waals surface area contributed by atoms with Gasteiger partial charge in [-0.1, -0.05) is 43.2 Å². The standard InChI is InChI=1S/C16H24N2O2/c1-18(12-13-7-3-2-4-8-13)15-10-6-5-9-14(15)17-11-16(19)20/h2-4,7-8,14-15,17H,5-6,9-12H2,1H3,(H,19,20)/t14-,15+/m0/s1. The van der Waals surface area contributed by atoms with Crippen LogP contribution in [0, 0.1) is 0 Å². The van der Waals surface area contributed by atoms with Gasteiger partial charge < -0.3 is 10.4 Å². The van der Waals surface area contributed by atoms with Crippen LogP contribution < -0.4 is 5.32 Å². The van der Waals surface area contributed by atoms with E-state index in [1.54, 1.807) is 0 Å². The average Bonchev–Trinajstić information content (AvgIpc) is 2.46. The molecule has 0 aliphatic heterocycles. The second kappa shape index (κ2) is 7.41. The Morgan fingerprint density at radius 3 is 2.70 bits per heavy atom. The third-order valence-electron chi connectivity index (χ3n) is 4.09. The van der Waals surface area contributed by atoms with E-state index in [2.05, 4.69) is 41.5 Å². The second-order valence-corrected chi connectivity index (χ2v) is 5.63. The molecule has 1 aliphatic carbocycles. The van der Waals surface area contributed by atoms with Gasteiger partial charge in [-0.2, -0.15) is 0 Å². The van der Waals surface area contributed by atoms with Gasteiger partial charge in [-0.15, -0.1) is 0 Å². The van der Waals surface area contributed by atoms with Gasteiger partial charge in [0, 0.05) is 18.6 Å². The van der Waals surface area contributed by atoms with Crippen LogP contribution >= 0.6 is 0 Å². The molecule has 0 unspecified atom stereocenters. The number of hydrogen-bond donors (Lipinski definition) is 2. The van der Waals surface area contributed by atoms with Crippen molar-refractivity contribution < 1.29 is 9.90 Å². The van der Waals surface area contributed by atoms with E-state index in [0.29, 0.717) is 6.04 Å². The molecule has 4 heteroatoms. The SMILES string of the molecule is CN(Cc1ccccc1)[C@@H]1CCCC[C@@H]1NCC(=O)O. The summed E-state index contributed by atoms with van der Waals surface area (Å²) >= 11 is 0. The van der Waals surface area contributed by atoms with Gasteiger partial charge in [0.25, 0.3) is 0 Å². The summed E-state index contributed by atoms with van der Waals surface area (Å²) in [5.74, 6) is -0.778. The van der Waals surface area contributed by atoms with Gasteiger partial charge >= 0.3 is 5.97 Å². The maximum Gasteiger partial charge on any atom is 0.317 e. The molecular weight excluding hydrogens is 252 g/mol. The summed E-state index contributed by atoms with van der Waals surface area (Å²) in [7, 11) is 2.14. The van der Waals surface area contributed by atoms with Gasteiger partial charge in [-0.05, 0) is 25.5 Å². The first-order valence-corrected chi connectivity index (χ1v) is 7.36. The van der Waals surface area contributed by atoms with Crippen LogP contribution in [0.4, 0.5) is 0 Å². The van der Waals surface area contributed by atoms with Gasteiger partial charge in [0.05, 0.1) is 6.54 Å². The molecule has 0 spiro atoms. The van der Waals surface area contributed by atoms with Crippen LogP contribution in [0.5, 0.6) is 0 Å². The van der Waals surface area contributed by atoms with Gasteiger partial charge in [0.15, 0.2) is 0 Å². The quantitative estimate of drug-likeness (QED) is 0.835. The van der Waals surface area contributed by atoms with Crippen molar-refractivity contribution in [3.63, 3.8) is 0 Å². The number of carboxylic acid groups (broad SMARTS) is 1. The van der Waals surface area contributed by atoms with Crippen LogP contribution in [0.15, 0.2) is 30.3 Å². The molecule has 2 atom stereocenters. The first-order chi connectivity index (χ1) is 9.66. The van der Waals surface area contributed by atoms with Gasteiger partial charge in [0.2, 0.25) is 0 Å². The largest absolute Gasteiger partial charge is 0.480 e. The normalized spacial score (nSPS) is 22.9. The highest BCUT2D eigenvalue weighted by atomic mass is 16.4. The molecule has 1 aromatic carbocycles. The van der Waals surface area contributed by atoms with Crippen molar-refractivity contribution >= 4 is 5.97 Å². The third-order valence-corrected chi connectivity index (χ3v) is 4.09. The Bertz CT molecular complexity index is 422. The van der Waals surface area contributed by atoms with E-state index in [9.17, 15) is 4.79 Å². The highest BCUT2D eigenvalue weighted by molar-refractivity contribution is 5.69. The zero-order valence-electron chi connectivity index (χ0n) is 12.1. The van der Waals surface area contributed by atoms with Gasteiger partial charge in [-0.25, -0.2) is 0 Å². The minimum absolute atomic E-state index is 0.0559. The van der Waals surface area contributed by atoms with Crippen molar-refractivity contribution in [2.75, 3.05) is 13.6 Å². The molecule has 2 N–H and O–H groups in total. The zero-order chi connectivity index (χ0) is 14.4. The molecule has 0 radical (unpaired) electrons. The highest BCUT2D eigenvalue weighted by Crippen LogP contribution is 2.23. The van der Waals surface area contributed by atoms with Crippen LogP contribution in [-0.4, -0.2) is 41.7 Å². The predicted octanol–water partition coefficient (Wildman–Crippen LogP) is 2.10. The van der Waals surface area contributed by atoms with Crippen LogP contribution in [0.3, 0.4) is 0 Å². The van der Waals surface area contributed by atoms with E-state index < -0.39 is 5.97 Å². The third kappa shape index (κ3) is 4.32. The number of carbonyl (C=O) groups is 1. The average molecular weight is 276 g/mol. The van der Waals surface area contributed by atoms with Crippen molar-refractivity contribution in [3.8, 4) is 0 Å². The lowest BCUT2D eigenvalue weighted by molar-refractivity contribution is -0.136. The molecule has 1 aliphatic rings. The summed E-state index contributed by atoms with van der Waals surface area (Å²) in [5, 5.41) is 12.0. The molecule has 0 aromatic heterocycles. The highest BCUT2D eigenvalue weighted by Gasteiger charge is 2.28. The summed E-state index contributed by atoms with van der Waals surface area (Å²) in [4.78, 5) is 13.1. The van der Waals surface area contributed by atoms with E-state index in [0.717, 1.165) is 19.4 Å². The molecule has 0 bridgehead atoms. The molecule has 110 valence electrons. The van der Waals surface area contributed by atoms with Gasteiger partial charge in [-0.3, -0.25) is 9.69 Å². The van der Waals surface area contributed by atoms with E-state index in [-0.39, 0.29) is 12.6 Å². The summed E-state index contributed by atoms with van der Waals surface area (Å²) in [6.07, 6.45) is 4.62. The molecule has 2 rings (SSSR count).